The Morgan fingerprint density at radius 3 is 1.64 bits per heavy atom. The number of rotatable bonds is 3. The van der Waals surface area contributed by atoms with Crippen molar-refractivity contribution in [2.45, 2.75) is 0 Å². The lowest BCUT2D eigenvalue weighted by Crippen LogP contribution is -1.91. The van der Waals surface area contributed by atoms with Gasteiger partial charge in [-0.05, 0) is 71.7 Å². The summed E-state index contributed by atoms with van der Waals surface area (Å²) >= 11 is 0. The van der Waals surface area contributed by atoms with Crippen LogP contribution in [-0.4, -0.2) is 0 Å². The molecule has 0 saturated heterocycles. The Morgan fingerprint density at radius 2 is 0.944 bits per heavy atom. The van der Waals surface area contributed by atoms with E-state index in [4.69, 9.17) is 5.48 Å². The molecule has 0 atom stereocenters. The molecule has 0 bridgehead atoms. The van der Waals surface area contributed by atoms with E-state index >= 15 is 0 Å². The molecule has 0 radical (unpaired) electrons. The predicted molar refractivity (Wildman–Crippen MR) is 155 cm³/mol. The first kappa shape index (κ1) is 14.7. The molecule has 7 rings (SSSR count). The Balaban J connectivity index is 1.83. The van der Waals surface area contributed by atoms with Crippen molar-refractivity contribution < 1.29 is 9.60 Å². The second-order valence-corrected chi connectivity index (χ2v) is 8.76. The van der Waals surface area contributed by atoms with Crippen LogP contribution in [0.4, 0.5) is 0 Å². The van der Waals surface area contributed by atoms with E-state index in [1.807, 2.05) is 103 Å². The molecule has 168 valence electrons. The summed E-state index contributed by atoms with van der Waals surface area (Å²) in [6.45, 7) is 0. The van der Waals surface area contributed by atoms with Crippen molar-refractivity contribution in [1.82, 2.24) is 0 Å². The molecule has 0 aliphatic rings. The standard InChI is InChI=1S/C36H24/c1-3-13-26(14-4-1)35-31-19-9-10-20-32(31)36(27-15-5-2-6-16-27)34-24-28(22-23-33(34)35)30-21-11-17-25-12-7-8-18-29(25)30/h1-24H/i9D,10D,19D,20D,22D,23D,24D. The van der Waals surface area contributed by atoms with E-state index in [1.54, 1.807) is 0 Å². The van der Waals surface area contributed by atoms with Crippen LogP contribution < -0.4 is 0 Å². The average molecular weight is 464 g/mol. The van der Waals surface area contributed by atoms with Gasteiger partial charge in [-0.3, -0.25) is 0 Å². The molecule has 0 fully saturated rings. The molecule has 0 heteroatoms. The first-order valence-electron chi connectivity index (χ1n) is 15.4. The summed E-state index contributed by atoms with van der Waals surface area (Å²) < 4.78 is 63.8. The van der Waals surface area contributed by atoms with Crippen LogP contribution >= 0.6 is 0 Å². The summed E-state index contributed by atoms with van der Waals surface area (Å²) in [5.74, 6) is 0. The molecule has 0 aromatic heterocycles. The molecule has 0 aliphatic heterocycles. The highest BCUT2D eigenvalue weighted by atomic mass is 14.2. The molecule has 0 nitrogen and oxygen atoms in total. The van der Waals surface area contributed by atoms with Gasteiger partial charge >= 0.3 is 0 Å². The zero-order chi connectivity index (χ0) is 30.0. The fourth-order valence-electron chi connectivity index (χ4n) is 5.08. The summed E-state index contributed by atoms with van der Waals surface area (Å²) in [5.41, 5.74) is 3.17. The van der Waals surface area contributed by atoms with Crippen LogP contribution in [0.3, 0.4) is 0 Å². The number of hydrogen-bond donors (Lipinski definition) is 0. The van der Waals surface area contributed by atoms with Gasteiger partial charge in [0, 0.05) is 0 Å². The maximum atomic E-state index is 9.74. The van der Waals surface area contributed by atoms with E-state index in [0.29, 0.717) is 44.2 Å². The number of hydrogen-bond acceptors (Lipinski definition) is 0. The Labute approximate surface area is 220 Å². The van der Waals surface area contributed by atoms with Crippen molar-refractivity contribution in [2.75, 3.05) is 0 Å². The third-order valence-electron chi connectivity index (χ3n) is 6.68. The Bertz CT molecular complexity index is 2240. The quantitative estimate of drug-likeness (QED) is 0.229. The van der Waals surface area contributed by atoms with Gasteiger partial charge in [0.15, 0.2) is 0 Å². The number of benzene rings is 7. The molecule has 0 unspecified atom stereocenters. The predicted octanol–water partition coefficient (Wildman–Crippen LogP) is 10.1. The molecule has 0 heterocycles. The Kier molecular flexibility index (Phi) is 3.47. The molecule has 7 aromatic carbocycles. The third-order valence-corrected chi connectivity index (χ3v) is 6.68. The molecule has 36 heavy (non-hydrogen) atoms. The lowest BCUT2D eigenvalue weighted by atomic mass is 9.84. The van der Waals surface area contributed by atoms with E-state index in [0.717, 1.165) is 10.8 Å². The van der Waals surface area contributed by atoms with Crippen molar-refractivity contribution in [3.63, 3.8) is 0 Å². The van der Waals surface area contributed by atoms with Gasteiger partial charge in [-0.1, -0.05) is 139 Å². The van der Waals surface area contributed by atoms with Crippen molar-refractivity contribution in [1.29, 1.82) is 0 Å². The van der Waals surface area contributed by atoms with Crippen LogP contribution in [0.15, 0.2) is 145 Å². The fourth-order valence-corrected chi connectivity index (χ4v) is 5.08. The van der Waals surface area contributed by atoms with Gasteiger partial charge in [0.05, 0.1) is 9.60 Å². The second kappa shape index (κ2) is 8.52. The SMILES string of the molecule is [2H]c1c([2H])c([2H])c2c(-c3ccccc3)c3c([2H])c(-c4cccc5ccccc45)c([2H])c([2H])c3c(-c3ccccc3)c2c1[2H]. The maximum absolute atomic E-state index is 9.74. The zero-order valence-electron chi connectivity index (χ0n) is 26.3. The largest absolute Gasteiger partial charge is 0.0636 e. The molecule has 0 N–H and O–H groups in total. The van der Waals surface area contributed by atoms with Gasteiger partial charge in [-0.15, -0.1) is 0 Å². The zero-order valence-corrected chi connectivity index (χ0v) is 19.3. The van der Waals surface area contributed by atoms with Crippen LogP contribution in [0.1, 0.15) is 9.60 Å². The summed E-state index contributed by atoms with van der Waals surface area (Å²) in [5, 5.41) is 3.07. The molecular formula is C36H24. The van der Waals surface area contributed by atoms with Gasteiger partial charge < -0.3 is 0 Å². The average Bonchev–Trinajstić information content (AvgIpc) is 3.05. The van der Waals surface area contributed by atoms with Crippen molar-refractivity contribution >= 4 is 32.3 Å². The smallest absolute Gasteiger partial charge is 0.0622 e. The minimum Gasteiger partial charge on any atom is -0.0622 e. The van der Waals surface area contributed by atoms with Crippen LogP contribution in [0.2, 0.25) is 0 Å². The maximum Gasteiger partial charge on any atom is 0.0636 e. The molecule has 0 saturated carbocycles. The fraction of sp³-hybridized carbons (Fsp3) is 0. The van der Waals surface area contributed by atoms with Crippen molar-refractivity contribution in [3.8, 4) is 33.4 Å². The van der Waals surface area contributed by atoms with Crippen LogP contribution in [-0.2, 0) is 0 Å². The van der Waals surface area contributed by atoms with Gasteiger partial charge in [0.25, 0.3) is 0 Å². The van der Waals surface area contributed by atoms with E-state index in [2.05, 4.69) is 0 Å². The Hall–Kier alpha value is -4.68. The van der Waals surface area contributed by atoms with Gasteiger partial charge in [-0.2, -0.15) is 0 Å². The number of fused-ring (bicyclic) bond motifs is 3. The first-order valence-corrected chi connectivity index (χ1v) is 11.9. The van der Waals surface area contributed by atoms with E-state index in [1.165, 1.54) is 0 Å². The summed E-state index contributed by atoms with van der Waals surface area (Å²) in [6, 6.07) is 30.6. The molecular weight excluding hydrogens is 432 g/mol. The van der Waals surface area contributed by atoms with Crippen molar-refractivity contribution in [3.05, 3.63) is 145 Å². The monoisotopic (exact) mass is 463 g/mol. The highest BCUT2D eigenvalue weighted by Gasteiger charge is 2.17. The highest BCUT2D eigenvalue weighted by Crippen LogP contribution is 2.45. The summed E-state index contributed by atoms with van der Waals surface area (Å²) in [6.07, 6.45) is 0. The normalized spacial score (nSPS) is 14.1. The summed E-state index contributed by atoms with van der Waals surface area (Å²) in [7, 11) is 0. The van der Waals surface area contributed by atoms with Crippen LogP contribution in [0.5, 0.6) is 0 Å². The summed E-state index contributed by atoms with van der Waals surface area (Å²) in [4.78, 5) is 0. The van der Waals surface area contributed by atoms with Crippen LogP contribution in [0.25, 0.3) is 65.7 Å². The minimum atomic E-state index is -0.371. The van der Waals surface area contributed by atoms with Crippen LogP contribution in [0, 0.1) is 0 Å². The third kappa shape index (κ3) is 3.31. The molecule has 7 aromatic rings. The highest BCUT2D eigenvalue weighted by molar-refractivity contribution is 6.22. The topological polar surface area (TPSA) is 0 Å². The van der Waals surface area contributed by atoms with Gasteiger partial charge in [0.2, 0.25) is 0 Å². The van der Waals surface area contributed by atoms with E-state index in [-0.39, 0.29) is 53.1 Å². The minimum absolute atomic E-state index is 0.0395. The second-order valence-electron chi connectivity index (χ2n) is 8.76. The molecule has 0 spiro atoms. The Morgan fingerprint density at radius 1 is 0.389 bits per heavy atom. The lowest BCUT2D eigenvalue weighted by molar-refractivity contribution is 1.64. The molecule has 0 amide bonds. The van der Waals surface area contributed by atoms with Crippen molar-refractivity contribution in [2.24, 2.45) is 0 Å². The van der Waals surface area contributed by atoms with Gasteiger partial charge in [0.1, 0.15) is 0 Å². The van der Waals surface area contributed by atoms with Gasteiger partial charge in [-0.25, -0.2) is 0 Å². The molecule has 0 aliphatic carbocycles. The first-order chi connectivity index (χ1) is 20.8. The lowest BCUT2D eigenvalue weighted by Gasteiger charge is -2.19. The van der Waals surface area contributed by atoms with E-state index in [9.17, 15) is 4.11 Å². The van der Waals surface area contributed by atoms with E-state index < -0.39 is 0 Å².